The molecule has 2 aromatic carbocycles. The zero-order chi connectivity index (χ0) is 28.6. The third-order valence-electron chi connectivity index (χ3n) is 7.23. The zero-order valence-electron chi connectivity index (χ0n) is 23.4. The normalized spacial score (nSPS) is 15.7. The first-order valence-electron chi connectivity index (χ1n) is 13.8. The SMILES string of the molecule is CC(C)(C)CNc1c(C#N)cnc2c(-c3cccnc3)cc(NC(C3=CN(C4CC4)NN3)c3ccc(F)cc3)cc12. The van der Waals surface area contributed by atoms with Gasteiger partial charge in [0.05, 0.1) is 28.5 Å². The summed E-state index contributed by atoms with van der Waals surface area (Å²) in [5, 5.41) is 20.1. The van der Waals surface area contributed by atoms with Gasteiger partial charge in [0, 0.05) is 59.6 Å². The molecule has 6 rings (SSSR count). The summed E-state index contributed by atoms with van der Waals surface area (Å²) in [6.07, 6.45) is 9.56. The third kappa shape index (κ3) is 5.79. The van der Waals surface area contributed by atoms with Crippen LogP contribution in [-0.2, 0) is 0 Å². The standard InChI is InChI=1S/C32H33FN8/c1-32(2,3)19-37-29-22(15-34)17-36-31-26(21-5-4-12-35-16-21)13-24(14-27(29)31)38-30(20-6-8-23(33)9-7-20)28-18-41(40-39-28)25-10-11-25/h4-9,12-14,16-18,25,30,38-40H,10-11,19H2,1-3H3,(H,36,37). The van der Waals surface area contributed by atoms with Crippen molar-refractivity contribution < 1.29 is 4.39 Å². The van der Waals surface area contributed by atoms with Crippen molar-refractivity contribution in [1.29, 1.82) is 5.26 Å². The molecule has 1 unspecified atom stereocenters. The monoisotopic (exact) mass is 548 g/mol. The van der Waals surface area contributed by atoms with Crippen molar-refractivity contribution in [3.8, 4) is 17.2 Å². The van der Waals surface area contributed by atoms with Crippen LogP contribution in [0.1, 0.15) is 50.8 Å². The predicted octanol–water partition coefficient (Wildman–Crippen LogP) is 6.25. The summed E-state index contributed by atoms with van der Waals surface area (Å²) < 4.78 is 13.9. The first-order valence-corrected chi connectivity index (χ1v) is 13.8. The quantitative estimate of drug-likeness (QED) is 0.205. The summed E-state index contributed by atoms with van der Waals surface area (Å²) in [4.78, 5) is 9.08. The highest BCUT2D eigenvalue weighted by Gasteiger charge is 2.32. The first kappa shape index (κ1) is 26.5. The summed E-state index contributed by atoms with van der Waals surface area (Å²) in [7, 11) is 0. The molecule has 1 saturated carbocycles. The van der Waals surface area contributed by atoms with E-state index in [4.69, 9.17) is 4.98 Å². The molecule has 0 saturated heterocycles. The summed E-state index contributed by atoms with van der Waals surface area (Å²) in [6, 6.07) is 17.0. The van der Waals surface area contributed by atoms with E-state index < -0.39 is 0 Å². The van der Waals surface area contributed by atoms with Crippen LogP contribution in [0.15, 0.2) is 79.0 Å². The Hall–Kier alpha value is -4.68. The van der Waals surface area contributed by atoms with Gasteiger partial charge in [0.1, 0.15) is 11.9 Å². The topological polar surface area (TPSA) is 101 Å². The number of hydrogen-bond donors (Lipinski definition) is 4. The number of nitrogens with zero attached hydrogens (tertiary/aromatic N) is 4. The van der Waals surface area contributed by atoms with Gasteiger partial charge >= 0.3 is 0 Å². The van der Waals surface area contributed by atoms with Gasteiger partial charge in [-0.05, 0) is 54.2 Å². The van der Waals surface area contributed by atoms with Crippen molar-refractivity contribution in [2.75, 3.05) is 17.2 Å². The van der Waals surface area contributed by atoms with Crippen LogP contribution in [0.3, 0.4) is 0 Å². The Morgan fingerprint density at radius 3 is 2.63 bits per heavy atom. The Morgan fingerprint density at radius 1 is 1.15 bits per heavy atom. The Balaban J connectivity index is 1.49. The van der Waals surface area contributed by atoms with E-state index in [1.807, 2.05) is 24.4 Å². The fraction of sp³-hybridized carbons (Fsp3) is 0.281. The Bertz CT molecular complexity index is 1630. The fourth-order valence-corrected chi connectivity index (χ4v) is 4.96. The van der Waals surface area contributed by atoms with E-state index in [1.54, 1.807) is 24.5 Å². The molecule has 9 heteroatoms. The Kier molecular flexibility index (Phi) is 6.93. The van der Waals surface area contributed by atoms with Crippen LogP contribution in [-0.4, -0.2) is 27.6 Å². The number of nitriles is 1. The average Bonchev–Trinajstić information content (AvgIpc) is 3.71. The minimum Gasteiger partial charge on any atom is -0.383 e. The fourth-order valence-electron chi connectivity index (χ4n) is 4.96. The number of fused-ring (bicyclic) bond motifs is 1. The van der Waals surface area contributed by atoms with E-state index in [2.05, 4.69) is 70.7 Å². The van der Waals surface area contributed by atoms with Gasteiger partial charge in [0.25, 0.3) is 0 Å². The van der Waals surface area contributed by atoms with Gasteiger partial charge in [-0.2, -0.15) is 5.26 Å². The van der Waals surface area contributed by atoms with Crippen LogP contribution in [0, 0.1) is 22.6 Å². The highest BCUT2D eigenvalue weighted by Crippen LogP contribution is 2.38. The van der Waals surface area contributed by atoms with E-state index in [-0.39, 0.29) is 17.3 Å². The Morgan fingerprint density at radius 2 is 1.95 bits per heavy atom. The Labute approximate surface area is 239 Å². The van der Waals surface area contributed by atoms with Crippen LogP contribution in [0.5, 0.6) is 0 Å². The second kappa shape index (κ2) is 10.7. The van der Waals surface area contributed by atoms with E-state index in [1.165, 1.54) is 12.1 Å². The molecule has 41 heavy (non-hydrogen) atoms. The molecule has 0 radical (unpaired) electrons. The van der Waals surface area contributed by atoms with Gasteiger partial charge in [-0.1, -0.05) is 39.0 Å². The lowest BCUT2D eigenvalue weighted by molar-refractivity contribution is 0.260. The number of hydrogen-bond acceptors (Lipinski definition) is 8. The first-order chi connectivity index (χ1) is 19.8. The molecule has 4 aromatic rings. The number of halogens is 1. The predicted molar refractivity (Wildman–Crippen MR) is 160 cm³/mol. The van der Waals surface area contributed by atoms with Crippen LogP contribution < -0.4 is 21.6 Å². The van der Waals surface area contributed by atoms with Crippen LogP contribution in [0.2, 0.25) is 0 Å². The minimum absolute atomic E-state index is 0.000906. The van der Waals surface area contributed by atoms with E-state index in [9.17, 15) is 9.65 Å². The highest BCUT2D eigenvalue weighted by atomic mass is 19.1. The van der Waals surface area contributed by atoms with E-state index in [0.717, 1.165) is 57.5 Å². The van der Waals surface area contributed by atoms with Gasteiger partial charge in [-0.15, -0.1) is 5.53 Å². The molecule has 2 aromatic heterocycles. The number of rotatable bonds is 8. The van der Waals surface area contributed by atoms with Crippen molar-refractivity contribution in [2.45, 2.75) is 45.7 Å². The molecule has 1 aliphatic heterocycles. The lowest BCUT2D eigenvalue weighted by Gasteiger charge is -2.24. The van der Waals surface area contributed by atoms with Gasteiger partial charge in [0.15, 0.2) is 0 Å². The lowest BCUT2D eigenvalue weighted by Crippen LogP contribution is -2.38. The smallest absolute Gasteiger partial charge is 0.123 e. The number of anilines is 2. The molecule has 4 N–H and O–H groups in total. The van der Waals surface area contributed by atoms with Crippen molar-refractivity contribution in [3.05, 3.63) is 96.0 Å². The van der Waals surface area contributed by atoms with Crippen LogP contribution in [0.25, 0.3) is 22.0 Å². The van der Waals surface area contributed by atoms with Gasteiger partial charge in [0.2, 0.25) is 0 Å². The second-order valence-electron chi connectivity index (χ2n) is 11.8. The molecule has 0 spiro atoms. The number of pyridine rings is 2. The molecule has 1 fully saturated rings. The molecule has 1 atom stereocenters. The summed E-state index contributed by atoms with van der Waals surface area (Å²) in [5.74, 6) is -0.284. The maximum Gasteiger partial charge on any atom is 0.123 e. The van der Waals surface area contributed by atoms with Crippen molar-refractivity contribution in [3.63, 3.8) is 0 Å². The van der Waals surface area contributed by atoms with Crippen LogP contribution in [0.4, 0.5) is 15.8 Å². The third-order valence-corrected chi connectivity index (χ3v) is 7.23. The molecule has 3 heterocycles. The van der Waals surface area contributed by atoms with Gasteiger partial charge in [-0.25, -0.2) is 4.39 Å². The van der Waals surface area contributed by atoms with Crippen molar-refractivity contribution in [1.82, 2.24) is 25.9 Å². The highest BCUT2D eigenvalue weighted by molar-refractivity contribution is 6.04. The van der Waals surface area contributed by atoms with Crippen molar-refractivity contribution in [2.24, 2.45) is 5.41 Å². The van der Waals surface area contributed by atoms with Crippen molar-refractivity contribution >= 4 is 22.3 Å². The molecule has 0 bridgehead atoms. The summed E-state index contributed by atoms with van der Waals surface area (Å²) in [5.41, 5.74) is 13.0. The number of nitrogens with one attached hydrogen (secondary N) is 4. The summed E-state index contributed by atoms with van der Waals surface area (Å²) in [6.45, 7) is 7.13. The van der Waals surface area contributed by atoms with Gasteiger partial charge in [-0.3, -0.25) is 15.0 Å². The van der Waals surface area contributed by atoms with Crippen LogP contribution >= 0.6 is 0 Å². The number of hydrazine groups is 2. The van der Waals surface area contributed by atoms with E-state index in [0.29, 0.717) is 18.2 Å². The lowest BCUT2D eigenvalue weighted by atomic mass is 9.95. The minimum atomic E-state index is -0.302. The average molecular weight is 549 g/mol. The number of benzene rings is 2. The molecule has 0 amide bonds. The number of aromatic nitrogens is 2. The summed E-state index contributed by atoms with van der Waals surface area (Å²) >= 11 is 0. The van der Waals surface area contributed by atoms with Gasteiger partial charge < -0.3 is 16.1 Å². The zero-order valence-corrected chi connectivity index (χ0v) is 23.4. The maximum absolute atomic E-state index is 13.9. The van der Waals surface area contributed by atoms with E-state index >= 15 is 0 Å². The molecule has 208 valence electrons. The molecular formula is C32H33FN8. The largest absolute Gasteiger partial charge is 0.383 e. The molecule has 1 aliphatic carbocycles. The second-order valence-corrected chi connectivity index (χ2v) is 11.8. The molecule has 2 aliphatic rings. The maximum atomic E-state index is 13.9. The molecule has 8 nitrogen and oxygen atoms in total. The molecular weight excluding hydrogens is 515 g/mol.